The van der Waals surface area contributed by atoms with Crippen molar-refractivity contribution in [1.29, 1.82) is 0 Å². The quantitative estimate of drug-likeness (QED) is 0.877. The maximum Gasteiger partial charge on any atom is 0.244 e. The van der Waals surface area contributed by atoms with Crippen LogP contribution in [-0.4, -0.2) is 23.9 Å². The van der Waals surface area contributed by atoms with E-state index in [-0.39, 0.29) is 12.6 Å². The summed E-state index contributed by atoms with van der Waals surface area (Å²) in [5.74, 6) is 0. The molecule has 0 aromatic carbocycles. The minimum absolute atomic E-state index is 0.116. The number of aliphatic hydroxyl groups excluding tert-OH is 1. The molecule has 1 N–H and O–H groups in total. The van der Waals surface area contributed by atoms with E-state index in [0.29, 0.717) is 16.3 Å². The number of thiophene rings is 2. The largest absolute Gasteiger partial charge is 0.391 e. The average Bonchev–Trinajstić information content (AvgIpc) is 2.99. The molecule has 1 fully saturated rings. The molecule has 0 radical (unpaired) electrons. The van der Waals surface area contributed by atoms with E-state index in [1.807, 2.05) is 17.5 Å². The molecule has 0 bridgehead atoms. The molecule has 3 rings (SSSR count). The number of aryl methyl sites for hydroxylation is 1. The highest BCUT2D eigenvalue weighted by Gasteiger charge is 2.39. The molecule has 0 atom stereocenters. The molecule has 21 heavy (non-hydrogen) atoms. The topological polar surface area (TPSA) is 57.6 Å². The van der Waals surface area contributed by atoms with Crippen LogP contribution in [0.2, 0.25) is 0 Å². The number of hydrogen-bond donors (Lipinski definition) is 1. The van der Waals surface area contributed by atoms with E-state index in [1.165, 1.54) is 11.3 Å². The summed E-state index contributed by atoms with van der Waals surface area (Å²) in [5, 5.41) is 11.2. The molecule has 1 saturated carbocycles. The predicted molar refractivity (Wildman–Crippen MR) is 85.0 cm³/mol. The Labute approximate surface area is 132 Å². The van der Waals surface area contributed by atoms with Gasteiger partial charge in [0.2, 0.25) is 10.0 Å². The molecule has 1 aliphatic carbocycles. The van der Waals surface area contributed by atoms with Crippen LogP contribution in [0, 0.1) is 6.92 Å². The zero-order chi connectivity index (χ0) is 15.0. The third kappa shape index (κ3) is 3.07. The van der Waals surface area contributed by atoms with Crippen molar-refractivity contribution in [2.24, 2.45) is 0 Å². The zero-order valence-electron chi connectivity index (χ0n) is 11.7. The van der Waals surface area contributed by atoms with E-state index in [4.69, 9.17) is 0 Å². The van der Waals surface area contributed by atoms with Gasteiger partial charge in [0.15, 0.2) is 0 Å². The van der Waals surface area contributed by atoms with Crippen molar-refractivity contribution in [2.45, 2.75) is 43.9 Å². The molecule has 1 aliphatic rings. The fourth-order valence-electron chi connectivity index (χ4n) is 2.31. The summed E-state index contributed by atoms with van der Waals surface area (Å²) in [7, 11) is -3.49. The van der Waals surface area contributed by atoms with Gasteiger partial charge in [-0.25, -0.2) is 8.42 Å². The molecule has 0 unspecified atom stereocenters. The lowest BCUT2D eigenvalue weighted by molar-refractivity contribution is 0.285. The molecular weight excluding hydrogens is 326 g/mol. The summed E-state index contributed by atoms with van der Waals surface area (Å²) in [5.41, 5.74) is 0. The van der Waals surface area contributed by atoms with E-state index in [2.05, 4.69) is 0 Å². The van der Waals surface area contributed by atoms with Crippen molar-refractivity contribution in [3.05, 3.63) is 38.2 Å². The second kappa shape index (κ2) is 5.81. The second-order valence-corrected chi connectivity index (χ2v) is 9.38. The lowest BCUT2D eigenvalue weighted by Crippen LogP contribution is -2.32. The summed E-state index contributed by atoms with van der Waals surface area (Å²) >= 11 is 2.92. The van der Waals surface area contributed by atoms with Crippen molar-refractivity contribution in [3.8, 4) is 0 Å². The molecule has 2 aromatic rings. The SMILES string of the molecule is Cc1sc(CO)cc1S(=O)(=O)N(Cc1cccs1)C1CC1. The van der Waals surface area contributed by atoms with Crippen LogP contribution in [0.1, 0.15) is 27.5 Å². The second-order valence-electron chi connectivity index (χ2n) is 5.15. The van der Waals surface area contributed by atoms with E-state index < -0.39 is 10.0 Å². The lowest BCUT2D eigenvalue weighted by atomic mass is 10.4. The van der Waals surface area contributed by atoms with Gasteiger partial charge in [-0.05, 0) is 37.3 Å². The fourth-order valence-corrected chi connectivity index (χ4v) is 6.23. The van der Waals surface area contributed by atoms with Gasteiger partial charge < -0.3 is 5.11 Å². The molecule has 0 amide bonds. The maximum atomic E-state index is 12.9. The van der Waals surface area contributed by atoms with Crippen LogP contribution in [0.25, 0.3) is 0 Å². The minimum Gasteiger partial charge on any atom is -0.391 e. The summed E-state index contributed by atoms with van der Waals surface area (Å²) < 4.78 is 27.5. The van der Waals surface area contributed by atoms with Crippen molar-refractivity contribution in [2.75, 3.05) is 0 Å². The Kier molecular flexibility index (Phi) is 4.20. The van der Waals surface area contributed by atoms with Gasteiger partial charge in [0.05, 0.1) is 11.5 Å². The van der Waals surface area contributed by atoms with Gasteiger partial charge >= 0.3 is 0 Å². The molecule has 114 valence electrons. The zero-order valence-corrected chi connectivity index (χ0v) is 14.1. The van der Waals surface area contributed by atoms with E-state index in [0.717, 1.165) is 22.6 Å². The van der Waals surface area contributed by atoms with Crippen LogP contribution in [0.3, 0.4) is 0 Å². The first-order valence-corrected chi connectivity index (χ1v) is 9.90. The van der Waals surface area contributed by atoms with Crippen molar-refractivity contribution in [3.63, 3.8) is 0 Å². The normalized spacial score (nSPS) is 15.8. The Morgan fingerprint density at radius 1 is 1.38 bits per heavy atom. The summed E-state index contributed by atoms with van der Waals surface area (Å²) in [6.07, 6.45) is 1.86. The van der Waals surface area contributed by atoms with Crippen molar-refractivity contribution < 1.29 is 13.5 Å². The molecule has 4 nitrogen and oxygen atoms in total. The summed E-state index contributed by atoms with van der Waals surface area (Å²) in [4.78, 5) is 2.84. The fraction of sp³-hybridized carbons (Fsp3) is 0.429. The van der Waals surface area contributed by atoms with Gasteiger partial charge in [0, 0.05) is 27.2 Å². The van der Waals surface area contributed by atoms with Crippen LogP contribution < -0.4 is 0 Å². The molecule has 7 heteroatoms. The standard InChI is InChI=1S/C14H17NO3S3/c1-10-14(7-13(9-16)20-10)21(17,18)15(11-4-5-11)8-12-3-2-6-19-12/h2-3,6-7,11,16H,4-5,8-9H2,1H3. The highest BCUT2D eigenvalue weighted by molar-refractivity contribution is 7.89. The Bertz CT molecular complexity index is 715. The minimum atomic E-state index is -3.49. The lowest BCUT2D eigenvalue weighted by Gasteiger charge is -2.21. The third-order valence-electron chi connectivity index (χ3n) is 3.51. The molecule has 0 spiro atoms. The molecule has 0 aliphatic heterocycles. The van der Waals surface area contributed by atoms with Gasteiger partial charge in [0.25, 0.3) is 0 Å². The van der Waals surface area contributed by atoms with Crippen LogP contribution >= 0.6 is 22.7 Å². The maximum absolute atomic E-state index is 12.9. The molecule has 2 heterocycles. The summed E-state index contributed by atoms with van der Waals surface area (Å²) in [6.45, 7) is 2.12. The Morgan fingerprint density at radius 3 is 2.67 bits per heavy atom. The number of rotatable bonds is 6. The van der Waals surface area contributed by atoms with Crippen LogP contribution in [0.4, 0.5) is 0 Å². The Morgan fingerprint density at radius 2 is 2.14 bits per heavy atom. The Balaban J connectivity index is 1.95. The number of nitrogens with zero attached hydrogens (tertiary/aromatic N) is 1. The van der Waals surface area contributed by atoms with Gasteiger partial charge in [0.1, 0.15) is 0 Å². The Hall–Kier alpha value is -0.730. The molecule has 2 aromatic heterocycles. The predicted octanol–water partition coefficient (Wildman–Crippen LogP) is 2.96. The van der Waals surface area contributed by atoms with E-state index in [1.54, 1.807) is 28.6 Å². The number of sulfonamides is 1. The third-order valence-corrected chi connectivity index (χ3v) is 7.56. The first-order valence-electron chi connectivity index (χ1n) is 6.77. The number of aliphatic hydroxyl groups is 1. The van der Waals surface area contributed by atoms with Gasteiger partial charge in [-0.15, -0.1) is 22.7 Å². The van der Waals surface area contributed by atoms with Crippen LogP contribution in [0.5, 0.6) is 0 Å². The first kappa shape index (κ1) is 15.2. The van der Waals surface area contributed by atoms with Gasteiger partial charge in [-0.3, -0.25) is 0 Å². The van der Waals surface area contributed by atoms with Crippen molar-refractivity contribution in [1.82, 2.24) is 4.31 Å². The van der Waals surface area contributed by atoms with Gasteiger partial charge in [-0.1, -0.05) is 6.07 Å². The molecular formula is C14H17NO3S3. The summed E-state index contributed by atoms with van der Waals surface area (Å²) in [6, 6.07) is 5.64. The van der Waals surface area contributed by atoms with E-state index in [9.17, 15) is 13.5 Å². The first-order chi connectivity index (χ1) is 10.0. The van der Waals surface area contributed by atoms with Crippen molar-refractivity contribution >= 4 is 32.7 Å². The van der Waals surface area contributed by atoms with Gasteiger partial charge in [-0.2, -0.15) is 4.31 Å². The molecule has 0 saturated heterocycles. The monoisotopic (exact) mass is 343 g/mol. The smallest absolute Gasteiger partial charge is 0.244 e. The van der Waals surface area contributed by atoms with Crippen LogP contribution in [-0.2, 0) is 23.2 Å². The number of hydrogen-bond acceptors (Lipinski definition) is 5. The average molecular weight is 343 g/mol. The van der Waals surface area contributed by atoms with Crippen LogP contribution in [0.15, 0.2) is 28.5 Å². The van der Waals surface area contributed by atoms with E-state index >= 15 is 0 Å². The highest BCUT2D eigenvalue weighted by atomic mass is 32.2. The highest BCUT2D eigenvalue weighted by Crippen LogP contribution is 2.36.